The van der Waals surface area contributed by atoms with Crippen LogP contribution in [0.3, 0.4) is 0 Å². The van der Waals surface area contributed by atoms with Crippen LogP contribution in [0.5, 0.6) is 5.88 Å². The first-order valence-corrected chi connectivity index (χ1v) is 13.3. The maximum absolute atomic E-state index is 13.1. The van der Waals surface area contributed by atoms with Gasteiger partial charge in [-0.15, -0.1) is 0 Å². The topological polar surface area (TPSA) is 45.6 Å². The fourth-order valence-corrected chi connectivity index (χ4v) is 5.60. The number of pyridine rings is 1. The van der Waals surface area contributed by atoms with E-state index >= 15 is 0 Å². The highest BCUT2D eigenvalue weighted by Crippen LogP contribution is 2.48. The summed E-state index contributed by atoms with van der Waals surface area (Å²) < 4.78 is 5.92. The molecule has 0 bridgehead atoms. The third-order valence-electron chi connectivity index (χ3n) is 7.59. The summed E-state index contributed by atoms with van der Waals surface area (Å²) in [6, 6.07) is 33.3. The molecular weight excluding hydrogens is 468 g/mol. The summed E-state index contributed by atoms with van der Waals surface area (Å²) in [5.74, 6) is 0.130. The van der Waals surface area contributed by atoms with Crippen LogP contribution in [-0.2, 0) is 12.0 Å². The van der Waals surface area contributed by atoms with E-state index in [2.05, 4.69) is 72.5 Å². The normalized spacial score (nSPS) is 14.1. The molecule has 0 saturated carbocycles. The molecule has 0 spiro atoms. The van der Waals surface area contributed by atoms with Gasteiger partial charge < -0.3 is 14.7 Å². The lowest BCUT2D eigenvalue weighted by Crippen LogP contribution is -2.38. The molecule has 0 aliphatic rings. The number of nitrogens with zero attached hydrogens (tertiary/aromatic N) is 2. The number of rotatable bonds is 9. The van der Waals surface area contributed by atoms with Crippen LogP contribution in [-0.4, -0.2) is 42.7 Å². The molecule has 2 atom stereocenters. The van der Waals surface area contributed by atoms with Gasteiger partial charge in [-0.05, 0) is 72.6 Å². The van der Waals surface area contributed by atoms with Gasteiger partial charge in [0.2, 0.25) is 5.88 Å². The number of ether oxygens (including phenoxy) is 1. The van der Waals surface area contributed by atoms with Crippen LogP contribution in [0.15, 0.2) is 97.1 Å². The van der Waals surface area contributed by atoms with Crippen molar-refractivity contribution >= 4 is 21.7 Å². The van der Waals surface area contributed by atoms with E-state index in [-0.39, 0.29) is 0 Å². The predicted molar refractivity (Wildman–Crippen MR) is 157 cm³/mol. The van der Waals surface area contributed by atoms with Gasteiger partial charge in [0.05, 0.1) is 12.6 Å². The van der Waals surface area contributed by atoms with Crippen molar-refractivity contribution < 1.29 is 9.84 Å². The molecule has 4 heteroatoms. The van der Waals surface area contributed by atoms with E-state index in [4.69, 9.17) is 9.72 Å². The number of aromatic nitrogens is 1. The van der Waals surface area contributed by atoms with Gasteiger partial charge in [0, 0.05) is 23.4 Å². The van der Waals surface area contributed by atoms with Crippen molar-refractivity contribution in [2.45, 2.75) is 31.3 Å². The van der Waals surface area contributed by atoms with Crippen LogP contribution in [0.25, 0.3) is 21.7 Å². The van der Waals surface area contributed by atoms with Gasteiger partial charge >= 0.3 is 0 Å². The van der Waals surface area contributed by atoms with E-state index < -0.39 is 11.5 Å². The Morgan fingerprint density at radius 1 is 0.868 bits per heavy atom. The summed E-state index contributed by atoms with van der Waals surface area (Å²) >= 11 is 0. The van der Waals surface area contributed by atoms with Crippen molar-refractivity contribution in [3.05, 3.63) is 119 Å². The summed E-state index contributed by atoms with van der Waals surface area (Å²) in [5.41, 5.74) is 3.72. The molecule has 5 aromatic rings. The zero-order valence-corrected chi connectivity index (χ0v) is 22.7. The largest absolute Gasteiger partial charge is 0.481 e. The summed E-state index contributed by atoms with van der Waals surface area (Å²) in [4.78, 5) is 7.06. The molecule has 0 amide bonds. The van der Waals surface area contributed by atoms with Crippen molar-refractivity contribution in [2.24, 2.45) is 0 Å². The minimum Gasteiger partial charge on any atom is -0.481 e. The van der Waals surface area contributed by atoms with Crippen molar-refractivity contribution in [1.29, 1.82) is 0 Å². The SMILES string of the molecule is CCc1ccc2nc(OC)c(C(c3ccccc3)C(O)(CCN(C)C)c3cccc4ccccc34)cc2c1. The minimum atomic E-state index is -1.24. The maximum Gasteiger partial charge on any atom is 0.217 e. The highest BCUT2D eigenvalue weighted by atomic mass is 16.5. The van der Waals surface area contributed by atoms with Gasteiger partial charge in [-0.25, -0.2) is 4.98 Å². The number of benzene rings is 4. The molecule has 0 fully saturated rings. The van der Waals surface area contributed by atoms with E-state index in [9.17, 15) is 5.11 Å². The molecule has 38 heavy (non-hydrogen) atoms. The van der Waals surface area contributed by atoms with Gasteiger partial charge in [0.25, 0.3) is 0 Å². The lowest BCUT2D eigenvalue weighted by Gasteiger charge is -2.39. The molecule has 0 aliphatic heterocycles. The quantitative estimate of drug-likeness (QED) is 0.236. The molecule has 0 saturated heterocycles. The second kappa shape index (κ2) is 10.9. The number of hydrogen-bond acceptors (Lipinski definition) is 4. The zero-order chi connectivity index (χ0) is 26.7. The van der Waals surface area contributed by atoms with Crippen molar-refractivity contribution in [1.82, 2.24) is 9.88 Å². The fraction of sp³-hybridized carbons (Fsp3) is 0.265. The summed E-state index contributed by atoms with van der Waals surface area (Å²) in [7, 11) is 5.76. The average molecular weight is 505 g/mol. The Labute approximate surface area is 225 Å². The number of methoxy groups -OCH3 is 1. The Morgan fingerprint density at radius 2 is 1.61 bits per heavy atom. The highest BCUT2D eigenvalue weighted by Gasteiger charge is 2.43. The molecule has 1 aromatic heterocycles. The third-order valence-corrected chi connectivity index (χ3v) is 7.59. The average Bonchev–Trinajstić information content (AvgIpc) is 2.95. The Kier molecular flexibility index (Phi) is 7.46. The van der Waals surface area contributed by atoms with E-state index in [1.54, 1.807) is 7.11 Å². The molecule has 0 radical (unpaired) electrons. The molecule has 0 aliphatic carbocycles. The monoisotopic (exact) mass is 504 g/mol. The van der Waals surface area contributed by atoms with Gasteiger partial charge in [-0.1, -0.05) is 85.8 Å². The Morgan fingerprint density at radius 3 is 2.34 bits per heavy atom. The molecule has 1 heterocycles. The Bertz CT molecular complexity index is 1540. The minimum absolute atomic E-state index is 0.411. The Balaban J connectivity index is 1.83. The second-order valence-electron chi connectivity index (χ2n) is 10.3. The first-order chi connectivity index (χ1) is 18.4. The molecule has 4 nitrogen and oxygen atoms in total. The molecule has 2 unspecified atom stereocenters. The molecule has 5 rings (SSSR count). The lowest BCUT2D eigenvalue weighted by atomic mass is 9.70. The number of fused-ring (bicyclic) bond motifs is 2. The number of hydrogen-bond donors (Lipinski definition) is 1. The van der Waals surface area contributed by atoms with Gasteiger partial charge in [-0.2, -0.15) is 0 Å². The van der Waals surface area contributed by atoms with Gasteiger partial charge in [0.15, 0.2) is 0 Å². The molecule has 194 valence electrons. The van der Waals surface area contributed by atoms with Crippen LogP contribution < -0.4 is 4.74 Å². The van der Waals surface area contributed by atoms with E-state index in [0.29, 0.717) is 18.8 Å². The predicted octanol–water partition coefficient (Wildman–Crippen LogP) is 6.93. The summed E-state index contributed by atoms with van der Waals surface area (Å²) in [6.07, 6.45) is 1.48. The van der Waals surface area contributed by atoms with Crippen LogP contribution in [0.1, 0.15) is 41.5 Å². The Hall–Kier alpha value is -3.73. The van der Waals surface area contributed by atoms with Crippen LogP contribution in [0.4, 0.5) is 0 Å². The van der Waals surface area contributed by atoms with Crippen molar-refractivity contribution in [3.8, 4) is 5.88 Å². The number of aryl methyl sites for hydroxylation is 1. The first kappa shape index (κ1) is 25.9. The first-order valence-electron chi connectivity index (χ1n) is 13.3. The van der Waals surface area contributed by atoms with Crippen LogP contribution in [0.2, 0.25) is 0 Å². The van der Waals surface area contributed by atoms with Crippen molar-refractivity contribution in [3.63, 3.8) is 0 Å². The molecule has 1 N–H and O–H groups in total. The van der Waals surface area contributed by atoms with Gasteiger partial charge in [0.1, 0.15) is 5.60 Å². The molecular formula is C34H36N2O2. The van der Waals surface area contributed by atoms with Gasteiger partial charge in [-0.3, -0.25) is 0 Å². The van der Waals surface area contributed by atoms with Crippen molar-refractivity contribution in [2.75, 3.05) is 27.7 Å². The third kappa shape index (κ3) is 4.90. The van der Waals surface area contributed by atoms with E-state index in [1.165, 1.54) is 5.56 Å². The molecule has 4 aromatic carbocycles. The smallest absolute Gasteiger partial charge is 0.217 e. The second-order valence-corrected chi connectivity index (χ2v) is 10.3. The summed E-state index contributed by atoms with van der Waals surface area (Å²) in [6.45, 7) is 2.87. The highest BCUT2D eigenvalue weighted by molar-refractivity contribution is 5.87. The number of aliphatic hydroxyl groups is 1. The maximum atomic E-state index is 13.1. The fourth-order valence-electron chi connectivity index (χ4n) is 5.60. The van der Waals surface area contributed by atoms with E-state index in [0.717, 1.165) is 44.8 Å². The van der Waals surface area contributed by atoms with Crippen LogP contribution in [0, 0.1) is 0 Å². The van der Waals surface area contributed by atoms with E-state index in [1.807, 2.05) is 50.5 Å². The summed E-state index contributed by atoms with van der Waals surface area (Å²) in [5, 5.41) is 16.3. The zero-order valence-electron chi connectivity index (χ0n) is 22.7. The lowest BCUT2D eigenvalue weighted by molar-refractivity contribution is 0.00520. The van der Waals surface area contributed by atoms with Crippen LogP contribution >= 0.6 is 0 Å². The standard InChI is InChI=1S/C34H36N2O2/c1-5-24-18-19-31-27(22-24)23-29(33(35-31)38-4)32(26-13-7-6-8-14-26)34(37,20-21-36(2)3)30-17-11-15-25-12-9-10-16-28(25)30/h6-19,22-23,32,37H,5,20-21H2,1-4H3.